The molecular weight excluding hydrogens is 424 g/mol. The molecule has 2 heterocycles. The van der Waals surface area contributed by atoms with E-state index in [0.717, 1.165) is 32.9 Å². The number of carbonyl (C=O) groups is 1. The van der Waals surface area contributed by atoms with Gasteiger partial charge >= 0.3 is 0 Å². The molecule has 0 aliphatic rings. The highest BCUT2D eigenvalue weighted by molar-refractivity contribution is 6.31. The number of nitrogens with zero attached hydrogens (tertiary/aromatic N) is 2. The fourth-order valence-electron chi connectivity index (χ4n) is 3.82. The van der Waals surface area contributed by atoms with E-state index < -0.39 is 0 Å². The van der Waals surface area contributed by atoms with Crippen molar-refractivity contribution in [2.45, 2.75) is 19.3 Å². The van der Waals surface area contributed by atoms with Gasteiger partial charge in [0.1, 0.15) is 0 Å². The Kier molecular flexibility index (Phi) is 5.37. The Morgan fingerprint density at radius 2 is 1.91 bits per heavy atom. The van der Waals surface area contributed by atoms with E-state index in [1.165, 1.54) is 0 Å². The molecule has 1 unspecified atom stereocenters. The topological polar surface area (TPSA) is 83.8 Å². The highest BCUT2D eigenvalue weighted by Crippen LogP contribution is 2.30. The third-order valence-electron chi connectivity index (χ3n) is 5.62. The highest BCUT2D eigenvalue weighted by Gasteiger charge is 2.17. The molecule has 3 aromatic carbocycles. The summed E-state index contributed by atoms with van der Waals surface area (Å²) in [6.45, 7) is 2.32. The second-order valence-corrected chi connectivity index (χ2v) is 8.20. The SMILES string of the molecule is CC(C(=O)NCCc1nc(-c2ccccc2)no1)c1ccc2c(c1)[nH]c1ccc(Cl)cc12. The van der Waals surface area contributed by atoms with Crippen molar-refractivity contribution in [2.24, 2.45) is 0 Å². The third kappa shape index (κ3) is 3.97. The molecule has 0 aliphatic carbocycles. The Balaban J connectivity index is 1.23. The summed E-state index contributed by atoms with van der Waals surface area (Å²) in [5.74, 6) is 0.700. The molecule has 32 heavy (non-hydrogen) atoms. The number of hydrogen-bond donors (Lipinski definition) is 2. The fourth-order valence-corrected chi connectivity index (χ4v) is 3.99. The molecule has 0 saturated carbocycles. The fraction of sp³-hybridized carbons (Fsp3) is 0.160. The Hall–Kier alpha value is -3.64. The first-order valence-corrected chi connectivity index (χ1v) is 10.8. The van der Waals surface area contributed by atoms with Gasteiger partial charge in [0, 0.05) is 45.4 Å². The zero-order valence-corrected chi connectivity index (χ0v) is 18.2. The molecule has 0 bridgehead atoms. The molecule has 1 atom stereocenters. The first kappa shape index (κ1) is 20.3. The lowest BCUT2D eigenvalue weighted by Gasteiger charge is -2.12. The molecule has 0 spiro atoms. The molecule has 6 nitrogen and oxygen atoms in total. The van der Waals surface area contributed by atoms with Gasteiger partial charge in [-0.3, -0.25) is 4.79 Å². The van der Waals surface area contributed by atoms with Crippen LogP contribution in [0.2, 0.25) is 5.02 Å². The maximum absolute atomic E-state index is 12.7. The van der Waals surface area contributed by atoms with E-state index in [1.807, 2.05) is 73.7 Å². The van der Waals surface area contributed by atoms with Crippen LogP contribution in [0.4, 0.5) is 0 Å². The second-order valence-electron chi connectivity index (χ2n) is 7.76. The van der Waals surface area contributed by atoms with Gasteiger partial charge in [-0.15, -0.1) is 0 Å². The van der Waals surface area contributed by atoms with Crippen LogP contribution in [0.15, 0.2) is 71.3 Å². The average molecular weight is 445 g/mol. The second kappa shape index (κ2) is 8.48. The van der Waals surface area contributed by atoms with Crippen molar-refractivity contribution < 1.29 is 9.32 Å². The van der Waals surface area contributed by atoms with E-state index in [1.54, 1.807) is 0 Å². The van der Waals surface area contributed by atoms with E-state index in [0.29, 0.717) is 29.7 Å². The predicted octanol–water partition coefficient (Wildman–Crippen LogP) is 5.49. The number of fused-ring (bicyclic) bond motifs is 3. The lowest BCUT2D eigenvalue weighted by Crippen LogP contribution is -2.29. The molecule has 2 N–H and O–H groups in total. The van der Waals surface area contributed by atoms with Crippen molar-refractivity contribution in [2.75, 3.05) is 6.54 Å². The maximum Gasteiger partial charge on any atom is 0.228 e. The quantitative estimate of drug-likeness (QED) is 0.363. The molecule has 0 saturated heterocycles. The number of H-pyrrole nitrogens is 1. The monoisotopic (exact) mass is 444 g/mol. The van der Waals surface area contributed by atoms with Crippen molar-refractivity contribution in [3.05, 3.63) is 83.2 Å². The minimum absolute atomic E-state index is 0.0497. The number of benzene rings is 3. The average Bonchev–Trinajstić information content (AvgIpc) is 3.43. The van der Waals surface area contributed by atoms with Gasteiger partial charge in [-0.1, -0.05) is 59.2 Å². The maximum atomic E-state index is 12.7. The van der Waals surface area contributed by atoms with E-state index in [2.05, 4.69) is 20.4 Å². The standard InChI is InChI=1S/C25H21ClN4O2/c1-15(17-7-9-19-20-14-18(26)8-10-21(20)28-22(19)13-17)25(31)27-12-11-23-29-24(30-32-23)16-5-3-2-4-6-16/h2-10,13-15,28H,11-12H2,1H3,(H,27,31). The van der Waals surface area contributed by atoms with Crippen LogP contribution in [0.5, 0.6) is 0 Å². The number of hydrogen-bond acceptors (Lipinski definition) is 4. The Bertz CT molecular complexity index is 1410. The lowest BCUT2D eigenvalue weighted by molar-refractivity contribution is -0.122. The molecule has 5 rings (SSSR count). The zero-order valence-electron chi connectivity index (χ0n) is 17.4. The molecule has 0 aliphatic heterocycles. The zero-order chi connectivity index (χ0) is 22.1. The number of halogens is 1. The van der Waals surface area contributed by atoms with Gasteiger partial charge in [0.25, 0.3) is 0 Å². The lowest BCUT2D eigenvalue weighted by atomic mass is 9.98. The summed E-state index contributed by atoms with van der Waals surface area (Å²) in [4.78, 5) is 20.5. The van der Waals surface area contributed by atoms with Crippen LogP contribution in [0, 0.1) is 0 Å². The molecular formula is C25H21ClN4O2. The predicted molar refractivity (Wildman–Crippen MR) is 126 cm³/mol. The van der Waals surface area contributed by atoms with Crippen molar-refractivity contribution in [3.63, 3.8) is 0 Å². The first-order valence-electron chi connectivity index (χ1n) is 10.4. The van der Waals surface area contributed by atoms with Gasteiger partial charge in [0.2, 0.25) is 17.6 Å². The van der Waals surface area contributed by atoms with Crippen LogP contribution in [-0.4, -0.2) is 27.6 Å². The summed E-state index contributed by atoms with van der Waals surface area (Å²) in [6.07, 6.45) is 0.472. The van der Waals surface area contributed by atoms with Crippen LogP contribution in [-0.2, 0) is 11.2 Å². The summed E-state index contributed by atoms with van der Waals surface area (Å²) < 4.78 is 5.31. The first-order chi connectivity index (χ1) is 15.6. The third-order valence-corrected chi connectivity index (χ3v) is 5.85. The van der Waals surface area contributed by atoms with Crippen LogP contribution in [0.1, 0.15) is 24.3 Å². The normalized spacial score (nSPS) is 12.3. The van der Waals surface area contributed by atoms with Crippen LogP contribution in [0.3, 0.4) is 0 Å². The van der Waals surface area contributed by atoms with Crippen LogP contribution in [0.25, 0.3) is 33.2 Å². The summed E-state index contributed by atoms with van der Waals surface area (Å²) >= 11 is 6.14. The number of aromatic nitrogens is 3. The van der Waals surface area contributed by atoms with Crippen LogP contribution >= 0.6 is 11.6 Å². The molecule has 160 valence electrons. The van der Waals surface area contributed by atoms with Gasteiger partial charge in [0.05, 0.1) is 5.92 Å². The van der Waals surface area contributed by atoms with Crippen molar-refractivity contribution in [3.8, 4) is 11.4 Å². The smallest absolute Gasteiger partial charge is 0.228 e. The van der Waals surface area contributed by atoms with Crippen LogP contribution < -0.4 is 5.32 Å². The molecule has 7 heteroatoms. The number of rotatable bonds is 6. The number of carbonyl (C=O) groups excluding carboxylic acids is 1. The number of amides is 1. The van der Waals surface area contributed by atoms with Crippen molar-refractivity contribution >= 4 is 39.3 Å². The minimum Gasteiger partial charge on any atom is -0.355 e. The van der Waals surface area contributed by atoms with Gasteiger partial charge in [-0.05, 0) is 36.8 Å². The Labute approximate surface area is 189 Å². The van der Waals surface area contributed by atoms with E-state index in [-0.39, 0.29) is 11.8 Å². The van der Waals surface area contributed by atoms with Crippen molar-refractivity contribution in [1.29, 1.82) is 0 Å². The van der Waals surface area contributed by atoms with Gasteiger partial charge in [0.15, 0.2) is 0 Å². The van der Waals surface area contributed by atoms with E-state index in [9.17, 15) is 4.79 Å². The van der Waals surface area contributed by atoms with E-state index >= 15 is 0 Å². The highest BCUT2D eigenvalue weighted by atomic mass is 35.5. The Morgan fingerprint density at radius 1 is 1.06 bits per heavy atom. The summed E-state index contributed by atoms with van der Waals surface area (Å²) in [6, 6.07) is 21.5. The molecule has 0 radical (unpaired) electrons. The molecule has 2 aromatic heterocycles. The summed E-state index contributed by atoms with van der Waals surface area (Å²) in [7, 11) is 0. The van der Waals surface area contributed by atoms with E-state index in [4.69, 9.17) is 16.1 Å². The largest absolute Gasteiger partial charge is 0.355 e. The van der Waals surface area contributed by atoms with Gasteiger partial charge in [-0.2, -0.15) is 4.98 Å². The number of aromatic amines is 1. The minimum atomic E-state index is -0.294. The van der Waals surface area contributed by atoms with Gasteiger partial charge < -0.3 is 14.8 Å². The number of nitrogens with one attached hydrogen (secondary N) is 2. The molecule has 5 aromatic rings. The summed E-state index contributed by atoms with van der Waals surface area (Å²) in [5, 5.41) is 9.84. The molecule has 1 amide bonds. The Morgan fingerprint density at radius 3 is 2.75 bits per heavy atom. The molecule has 0 fully saturated rings. The van der Waals surface area contributed by atoms with Crippen molar-refractivity contribution in [1.82, 2.24) is 20.4 Å². The summed E-state index contributed by atoms with van der Waals surface area (Å²) in [5.41, 5.74) is 3.85. The van der Waals surface area contributed by atoms with Gasteiger partial charge in [-0.25, -0.2) is 0 Å².